The zero-order valence-electron chi connectivity index (χ0n) is 16.0. The van der Waals surface area contributed by atoms with Gasteiger partial charge in [-0.15, -0.1) is 0 Å². The van der Waals surface area contributed by atoms with E-state index in [0.717, 1.165) is 62.9 Å². The monoisotopic (exact) mass is 369 g/mol. The Morgan fingerprint density at radius 1 is 1.22 bits per heavy atom. The number of Topliss-reactive ketones (excluding diaryl/α,β-unsaturated/α-hetero) is 1. The van der Waals surface area contributed by atoms with Crippen LogP contribution in [0.1, 0.15) is 54.2 Å². The quantitative estimate of drug-likeness (QED) is 0.878. The molecular formula is C21H27N3O3. The molecule has 0 radical (unpaired) electrons. The number of rotatable bonds is 5. The van der Waals surface area contributed by atoms with Gasteiger partial charge in [-0.1, -0.05) is 38.1 Å². The fraction of sp³-hybridized carbons (Fsp3) is 0.524. The number of carbonyl (C=O) groups is 1. The highest BCUT2D eigenvalue weighted by Gasteiger charge is 2.36. The van der Waals surface area contributed by atoms with E-state index in [0.29, 0.717) is 11.3 Å². The summed E-state index contributed by atoms with van der Waals surface area (Å²) in [4.78, 5) is 20.2. The van der Waals surface area contributed by atoms with Crippen molar-refractivity contribution in [3.05, 3.63) is 41.3 Å². The Labute approximate surface area is 159 Å². The highest BCUT2D eigenvalue weighted by atomic mass is 16.5. The van der Waals surface area contributed by atoms with Crippen LogP contribution in [0, 0.1) is 0 Å². The molecule has 6 nitrogen and oxygen atoms in total. The van der Waals surface area contributed by atoms with Crippen molar-refractivity contribution < 1.29 is 14.6 Å². The van der Waals surface area contributed by atoms with Crippen molar-refractivity contribution in [1.29, 1.82) is 0 Å². The molecule has 2 aliphatic rings. The van der Waals surface area contributed by atoms with Gasteiger partial charge in [0.15, 0.2) is 0 Å². The van der Waals surface area contributed by atoms with Gasteiger partial charge in [0, 0.05) is 37.7 Å². The molecule has 0 spiro atoms. The predicted molar refractivity (Wildman–Crippen MR) is 103 cm³/mol. The number of carbonyl (C=O) groups excluding carboxylic acids is 1. The van der Waals surface area contributed by atoms with Crippen molar-refractivity contribution in [2.24, 2.45) is 0 Å². The predicted octanol–water partition coefficient (Wildman–Crippen LogP) is 2.63. The average Bonchev–Trinajstić information content (AvgIpc) is 3.07. The number of ether oxygens (including phenoxy) is 1. The summed E-state index contributed by atoms with van der Waals surface area (Å²) < 4.78 is 7.45. The van der Waals surface area contributed by atoms with E-state index in [1.807, 2.05) is 28.8 Å². The molecule has 1 aromatic heterocycles. The molecule has 1 unspecified atom stereocenters. The third-order valence-corrected chi connectivity index (χ3v) is 5.47. The number of benzene rings is 1. The molecule has 2 heterocycles. The highest BCUT2D eigenvalue weighted by Crippen LogP contribution is 2.39. The first kappa shape index (κ1) is 18.3. The van der Waals surface area contributed by atoms with Crippen molar-refractivity contribution in [1.82, 2.24) is 14.5 Å². The summed E-state index contributed by atoms with van der Waals surface area (Å²) in [6.45, 7) is 9.40. The molecule has 0 saturated carbocycles. The fourth-order valence-corrected chi connectivity index (χ4v) is 4.07. The molecular weight excluding hydrogens is 342 g/mol. The Bertz CT molecular complexity index is 837. The summed E-state index contributed by atoms with van der Waals surface area (Å²) in [7, 11) is 0. The third-order valence-electron chi connectivity index (χ3n) is 5.47. The fourth-order valence-electron chi connectivity index (χ4n) is 4.07. The van der Waals surface area contributed by atoms with E-state index >= 15 is 0 Å². The van der Waals surface area contributed by atoms with Crippen LogP contribution < -0.4 is 0 Å². The van der Waals surface area contributed by atoms with Crippen LogP contribution >= 0.6 is 0 Å². The van der Waals surface area contributed by atoms with Crippen molar-refractivity contribution in [2.45, 2.75) is 38.8 Å². The normalized spacial score (nSPS) is 20.0. The van der Waals surface area contributed by atoms with E-state index in [1.54, 1.807) is 0 Å². The first-order valence-corrected chi connectivity index (χ1v) is 9.80. The number of fused-ring (bicyclic) bond motifs is 3. The minimum absolute atomic E-state index is 0.205. The molecule has 0 bridgehead atoms. The lowest BCUT2D eigenvalue weighted by molar-refractivity contribution is 0.0368. The van der Waals surface area contributed by atoms with Crippen LogP contribution in [0.3, 0.4) is 0 Å². The molecule has 1 aliphatic carbocycles. The van der Waals surface area contributed by atoms with E-state index in [1.165, 1.54) is 0 Å². The lowest BCUT2D eigenvalue weighted by Gasteiger charge is -2.27. The van der Waals surface area contributed by atoms with Gasteiger partial charge >= 0.3 is 0 Å². The Hall–Kier alpha value is -2.02. The Morgan fingerprint density at radius 3 is 2.70 bits per heavy atom. The van der Waals surface area contributed by atoms with Crippen LogP contribution in [-0.2, 0) is 11.3 Å². The molecule has 6 heteroatoms. The Morgan fingerprint density at radius 2 is 1.96 bits per heavy atom. The number of hydrogen-bond donors (Lipinski definition) is 1. The van der Waals surface area contributed by atoms with E-state index in [9.17, 15) is 9.90 Å². The minimum atomic E-state index is -1.11. The van der Waals surface area contributed by atoms with Gasteiger partial charge in [0.05, 0.1) is 13.2 Å². The summed E-state index contributed by atoms with van der Waals surface area (Å²) in [6, 6.07) is 7.53. The SMILES string of the molecule is CC(C)c1nc2c(n1CCCN1CCOCC1)C(=O)C(O)c1ccccc1-2. The minimum Gasteiger partial charge on any atom is -0.380 e. The zero-order valence-corrected chi connectivity index (χ0v) is 16.0. The van der Waals surface area contributed by atoms with Crippen LogP contribution in [0.15, 0.2) is 24.3 Å². The molecule has 1 aromatic carbocycles. The summed E-state index contributed by atoms with van der Waals surface area (Å²) in [6.07, 6.45) is -0.170. The Balaban J connectivity index is 1.66. The van der Waals surface area contributed by atoms with Crippen molar-refractivity contribution >= 4 is 5.78 Å². The van der Waals surface area contributed by atoms with Crippen molar-refractivity contribution in [3.63, 3.8) is 0 Å². The van der Waals surface area contributed by atoms with E-state index in [2.05, 4.69) is 18.7 Å². The van der Waals surface area contributed by atoms with Gasteiger partial charge in [-0.05, 0) is 12.0 Å². The molecule has 2 aromatic rings. The molecule has 1 N–H and O–H groups in total. The first-order valence-electron chi connectivity index (χ1n) is 9.80. The van der Waals surface area contributed by atoms with Crippen LogP contribution in [-0.4, -0.2) is 58.2 Å². The van der Waals surface area contributed by atoms with Gasteiger partial charge in [0.25, 0.3) is 0 Å². The summed E-state index contributed by atoms with van der Waals surface area (Å²) in [5.74, 6) is 0.879. The molecule has 4 rings (SSSR count). The zero-order chi connectivity index (χ0) is 19.0. The number of aromatic nitrogens is 2. The topological polar surface area (TPSA) is 67.6 Å². The largest absolute Gasteiger partial charge is 0.380 e. The summed E-state index contributed by atoms with van der Waals surface area (Å²) in [5.41, 5.74) is 2.81. The van der Waals surface area contributed by atoms with Gasteiger partial charge in [-0.2, -0.15) is 0 Å². The van der Waals surface area contributed by atoms with Gasteiger partial charge in [-0.3, -0.25) is 9.69 Å². The van der Waals surface area contributed by atoms with Gasteiger partial charge in [0.1, 0.15) is 23.3 Å². The molecule has 1 atom stereocenters. The molecule has 1 saturated heterocycles. The number of morpholine rings is 1. The van der Waals surface area contributed by atoms with Crippen LogP contribution in [0.2, 0.25) is 0 Å². The van der Waals surface area contributed by atoms with Crippen molar-refractivity contribution in [2.75, 3.05) is 32.8 Å². The number of imidazole rings is 1. The second kappa shape index (κ2) is 7.54. The van der Waals surface area contributed by atoms with E-state index in [4.69, 9.17) is 9.72 Å². The number of ketones is 1. The summed E-state index contributed by atoms with van der Waals surface area (Å²) in [5, 5.41) is 10.6. The molecule has 0 amide bonds. The maximum Gasteiger partial charge on any atom is 0.214 e. The maximum atomic E-state index is 13.0. The number of aliphatic hydroxyl groups excluding tert-OH is 1. The van der Waals surface area contributed by atoms with Gasteiger partial charge in [0.2, 0.25) is 5.78 Å². The van der Waals surface area contributed by atoms with Gasteiger partial charge < -0.3 is 14.4 Å². The lowest BCUT2D eigenvalue weighted by Crippen LogP contribution is -2.37. The first-order chi connectivity index (χ1) is 13.1. The number of nitrogens with zero attached hydrogens (tertiary/aromatic N) is 3. The third kappa shape index (κ3) is 3.33. The summed E-state index contributed by atoms with van der Waals surface area (Å²) >= 11 is 0. The van der Waals surface area contributed by atoms with Crippen LogP contribution in [0.5, 0.6) is 0 Å². The number of hydrogen-bond acceptors (Lipinski definition) is 5. The highest BCUT2D eigenvalue weighted by molar-refractivity contribution is 6.07. The second-order valence-corrected chi connectivity index (χ2v) is 7.64. The molecule has 27 heavy (non-hydrogen) atoms. The lowest BCUT2D eigenvalue weighted by atomic mass is 9.89. The van der Waals surface area contributed by atoms with Crippen molar-refractivity contribution in [3.8, 4) is 11.3 Å². The molecule has 144 valence electrons. The smallest absolute Gasteiger partial charge is 0.214 e. The number of aliphatic hydroxyl groups is 1. The molecule has 1 fully saturated rings. The van der Waals surface area contributed by atoms with Crippen LogP contribution in [0.4, 0.5) is 0 Å². The maximum absolute atomic E-state index is 13.0. The Kier molecular flexibility index (Phi) is 5.12. The average molecular weight is 369 g/mol. The molecule has 1 aliphatic heterocycles. The van der Waals surface area contributed by atoms with E-state index < -0.39 is 6.10 Å². The second-order valence-electron chi connectivity index (χ2n) is 7.64. The van der Waals surface area contributed by atoms with Gasteiger partial charge in [-0.25, -0.2) is 4.98 Å². The van der Waals surface area contributed by atoms with Crippen LogP contribution in [0.25, 0.3) is 11.3 Å². The standard InChI is InChI=1S/C21H27N3O3/c1-14(2)21-22-17-15-6-3-4-7-16(15)19(25)20(26)18(17)24(21)9-5-8-23-10-12-27-13-11-23/h3-4,6-7,14,19,25H,5,8-13H2,1-2H3. The van der Waals surface area contributed by atoms with E-state index in [-0.39, 0.29) is 11.7 Å².